The molecule has 0 atom stereocenters. The molecule has 1 aromatic rings. The molecule has 0 bridgehead atoms. The van der Waals surface area contributed by atoms with E-state index in [0.29, 0.717) is 0 Å². The van der Waals surface area contributed by atoms with Crippen LogP contribution in [0.1, 0.15) is 12.8 Å². The first-order chi connectivity index (χ1) is 6.95. The number of hydrogen-bond acceptors (Lipinski definition) is 4. The van der Waals surface area contributed by atoms with Gasteiger partial charge in [-0.05, 0) is 25.3 Å². The van der Waals surface area contributed by atoms with Crippen LogP contribution in [-0.4, -0.2) is 28.8 Å². The van der Waals surface area contributed by atoms with Crippen LogP contribution >= 0.6 is 11.8 Å². The Morgan fingerprint density at radius 2 is 2.36 bits per heavy atom. The maximum absolute atomic E-state index is 4.20. The summed E-state index contributed by atoms with van der Waals surface area (Å²) in [6.07, 6.45) is 8.09. The topological polar surface area (TPSA) is 37.8 Å². The molecule has 0 amide bonds. The molecule has 0 aromatic carbocycles. The predicted octanol–water partition coefficient (Wildman–Crippen LogP) is 1.57. The minimum absolute atomic E-state index is 0.969. The van der Waals surface area contributed by atoms with Gasteiger partial charge in [-0.1, -0.05) is 0 Å². The Labute approximate surface area is 88.7 Å². The highest BCUT2D eigenvalue weighted by Gasteiger charge is 2.19. The van der Waals surface area contributed by atoms with Crippen molar-refractivity contribution < 1.29 is 0 Å². The fourth-order valence-corrected chi connectivity index (χ4v) is 1.94. The standard InChI is InChI=1S/C10H15N3S/c1-2-9(1)7-12-5-6-14-10-8-11-3-4-13-10/h3-4,8-9,12H,1-2,5-7H2. The minimum atomic E-state index is 0.969. The molecule has 1 N–H and O–H groups in total. The number of rotatable bonds is 6. The molecule has 4 heteroatoms. The quantitative estimate of drug-likeness (QED) is 0.570. The van der Waals surface area contributed by atoms with Crippen LogP contribution in [0.25, 0.3) is 0 Å². The van der Waals surface area contributed by atoms with Crippen LogP contribution in [-0.2, 0) is 0 Å². The zero-order valence-electron chi connectivity index (χ0n) is 8.15. The lowest BCUT2D eigenvalue weighted by Gasteiger charge is -2.02. The largest absolute Gasteiger partial charge is 0.316 e. The molecule has 0 aliphatic heterocycles. The molecule has 3 nitrogen and oxygen atoms in total. The molecule has 1 saturated carbocycles. The molecule has 1 aliphatic carbocycles. The molecule has 76 valence electrons. The third-order valence-electron chi connectivity index (χ3n) is 2.20. The van der Waals surface area contributed by atoms with Crippen molar-refractivity contribution in [1.29, 1.82) is 0 Å². The molecule has 0 saturated heterocycles. The highest BCUT2D eigenvalue weighted by Crippen LogP contribution is 2.27. The van der Waals surface area contributed by atoms with Gasteiger partial charge in [-0.3, -0.25) is 4.98 Å². The van der Waals surface area contributed by atoms with Gasteiger partial charge >= 0.3 is 0 Å². The van der Waals surface area contributed by atoms with Crippen LogP contribution in [0.15, 0.2) is 23.6 Å². The number of nitrogens with zero attached hydrogens (tertiary/aromatic N) is 2. The van der Waals surface area contributed by atoms with Crippen molar-refractivity contribution in [1.82, 2.24) is 15.3 Å². The second-order valence-corrected chi connectivity index (χ2v) is 4.65. The summed E-state index contributed by atoms with van der Waals surface area (Å²) >= 11 is 1.76. The first-order valence-electron chi connectivity index (χ1n) is 5.04. The Hall–Kier alpha value is -0.610. The smallest absolute Gasteiger partial charge is 0.114 e. The lowest BCUT2D eigenvalue weighted by atomic mass is 10.4. The molecule has 14 heavy (non-hydrogen) atoms. The number of hydrogen-bond donors (Lipinski definition) is 1. The van der Waals surface area contributed by atoms with Crippen molar-refractivity contribution >= 4 is 11.8 Å². The van der Waals surface area contributed by atoms with Crippen molar-refractivity contribution in [3.63, 3.8) is 0 Å². The summed E-state index contributed by atoms with van der Waals surface area (Å²) in [4.78, 5) is 8.21. The van der Waals surface area contributed by atoms with Crippen molar-refractivity contribution in [2.24, 2.45) is 5.92 Å². The molecule has 1 aromatic heterocycles. The van der Waals surface area contributed by atoms with E-state index in [9.17, 15) is 0 Å². The minimum Gasteiger partial charge on any atom is -0.316 e. The monoisotopic (exact) mass is 209 g/mol. The Morgan fingerprint density at radius 3 is 3.07 bits per heavy atom. The molecule has 0 spiro atoms. The van der Waals surface area contributed by atoms with Gasteiger partial charge in [-0.15, -0.1) is 11.8 Å². The molecule has 1 aliphatic rings. The van der Waals surface area contributed by atoms with Gasteiger partial charge in [0.2, 0.25) is 0 Å². The molecule has 0 radical (unpaired) electrons. The zero-order chi connectivity index (χ0) is 9.64. The predicted molar refractivity (Wildman–Crippen MR) is 58.3 cm³/mol. The number of nitrogens with one attached hydrogen (secondary N) is 1. The zero-order valence-corrected chi connectivity index (χ0v) is 8.96. The number of thioether (sulfide) groups is 1. The molecule has 1 heterocycles. The summed E-state index contributed by atoms with van der Waals surface area (Å²) in [5, 5.41) is 4.46. The lowest BCUT2D eigenvalue weighted by Crippen LogP contribution is -2.19. The fraction of sp³-hybridized carbons (Fsp3) is 0.600. The second-order valence-electron chi connectivity index (χ2n) is 3.54. The summed E-state index contributed by atoms with van der Waals surface area (Å²) in [6, 6.07) is 0. The van der Waals surface area contributed by atoms with Gasteiger partial charge in [-0.25, -0.2) is 4.98 Å². The van der Waals surface area contributed by atoms with Crippen LogP contribution in [0.2, 0.25) is 0 Å². The Kier molecular flexibility index (Phi) is 3.77. The van der Waals surface area contributed by atoms with Gasteiger partial charge in [0.1, 0.15) is 5.03 Å². The second kappa shape index (κ2) is 5.32. The molecule has 0 unspecified atom stereocenters. The van der Waals surface area contributed by atoms with Gasteiger partial charge in [0.25, 0.3) is 0 Å². The summed E-state index contributed by atoms with van der Waals surface area (Å²) in [7, 11) is 0. The van der Waals surface area contributed by atoms with Crippen LogP contribution in [0.3, 0.4) is 0 Å². The van der Waals surface area contributed by atoms with Crippen LogP contribution in [0, 0.1) is 5.92 Å². The maximum atomic E-state index is 4.20. The van der Waals surface area contributed by atoms with Crippen LogP contribution in [0.4, 0.5) is 0 Å². The molecular weight excluding hydrogens is 194 g/mol. The van der Waals surface area contributed by atoms with Crippen LogP contribution in [0.5, 0.6) is 0 Å². The van der Waals surface area contributed by atoms with Crippen molar-refractivity contribution in [2.45, 2.75) is 17.9 Å². The summed E-state index contributed by atoms with van der Waals surface area (Å²) in [5.41, 5.74) is 0. The maximum Gasteiger partial charge on any atom is 0.114 e. The van der Waals surface area contributed by atoms with Crippen LogP contribution < -0.4 is 5.32 Å². The molecular formula is C10H15N3S. The van der Waals surface area contributed by atoms with Gasteiger partial charge in [0.05, 0.1) is 6.20 Å². The third kappa shape index (κ3) is 3.64. The Balaban J connectivity index is 1.54. The van der Waals surface area contributed by atoms with E-state index in [-0.39, 0.29) is 0 Å². The summed E-state index contributed by atoms with van der Waals surface area (Å²) in [5.74, 6) is 2.04. The van der Waals surface area contributed by atoms with Crippen molar-refractivity contribution in [3.8, 4) is 0 Å². The van der Waals surface area contributed by atoms with Gasteiger partial charge in [-0.2, -0.15) is 0 Å². The van der Waals surface area contributed by atoms with E-state index < -0.39 is 0 Å². The first-order valence-corrected chi connectivity index (χ1v) is 6.03. The third-order valence-corrected chi connectivity index (χ3v) is 3.11. The number of aromatic nitrogens is 2. The normalized spacial score (nSPS) is 15.7. The Bertz CT molecular complexity index is 261. The average Bonchev–Trinajstić information content (AvgIpc) is 3.03. The van der Waals surface area contributed by atoms with E-state index in [1.54, 1.807) is 24.2 Å². The lowest BCUT2D eigenvalue weighted by molar-refractivity contribution is 0.665. The van der Waals surface area contributed by atoms with Gasteiger partial charge < -0.3 is 5.32 Å². The van der Waals surface area contributed by atoms with Gasteiger partial charge in [0, 0.05) is 24.7 Å². The van der Waals surface area contributed by atoms with Crippen molar-refractivity contribution in [2.75, 3.05) is 18.8 Å². The first kappa shape index (κ1) is 9.93. The summed E-state index contributed by atoms with van der Waals surface area (Å²) < 4.78 is 0. The van der Waals surface area contributed by atoms with E-state index >= 15 is 0 Å². The van der Waals surface area contributed by atoms with E-state index in [1.165, 1.54) is 19.4 Å². The fourth-order valence-electron chi connectivity index (χ4n) is 1.22. The SMILES string of the molecule is c1cnc(SCCNCC2CC2)cn1. The Morgan fingerprint density at radius 1 is 1.43 bits per heavy atom. The van der Waals surface area contributed by atoms with Crippen molar-refractivity contribution in [3.05, 3.63) is 18.6 Å². The van der Waals surface area contributed by atoms with E-state index in [0.717, 1.165) is 23.2 Å². The molecule has 1 fully saturated rings. The van der Waals surface area contributed by atoms with E-state index in [4.69, 9.17) is 0 Å². The molecule has 2 rings (SSSR count). The highest BCUT2D eigenvalue weighted by atomic mass is 32.2. The van der Waals surface area contributed by atoms with Gasteiger partial charge in [0.15, 0.2) is 0 Å². The average molecular weight is 209 g/mol. The van der Waals surface area contributed by atoms with E-state index in [2.05, 4.69) is 15.3 Å². The van der Waals surface area contributed by atoms with E-state index in [1.807, 2.05) is 6.20 Å². The summed E-state index contributed by atoms with van der Waals surface area (Å²) in [6.45, 7) is 2.26. The highest BCUT2D eigenvalue weighted by molar-refractivity contribution is 7.99.